The third kappa shape index (κ3) is 3.85. The second-order valence-corrected chi connectivity index (χ2v) is 5.41. The second kappa shape index (κ2) is 6.20. The largest absolute Gasteiger partial charge is 0.319 e. The first-order chi connectivity index (χ1) is 8.05. The minimum Gasteiger partial charge on any atom is -0.319 e. The number of nitrogens with one attached hydrogen (secondary N) is 1. The van der Waals surface area contributed by atoms with Crippen molar-refractivity contribution in [3.63, 3.8) is 0 Å². The summed E-state index contributed by atoms with van der Waals surface area (Å²) in [6, 6.07) is 6.92. The summed E-state index contributed by atoms with van der Waals surface area (Å²) < 4.78 is 0. The molecule has 0 aliphatic heterocycles. The van der Waals surface area contributed by atoms with Crippen molar-refractivity contribution in [2.75, 3.05) is 13.6 Å². The van der Waals surface area contributed by atoms with Crippen LogP contribution in [0.1, 0.15) is 43.4 Å². The van der Waals surface area contributed by atoms with Gasteiger partial charge >= 0.3 is 0 Å². The zero-order valence-corrected chi connectivity index (χ0v) is 12.1. The van der Waals surface area contributed by atoms with Gasteiger partial charge in [0.15, 0.2) is 0 Å². The van der Waals surface area contributed by atoms with Crippen LogP contribution in [0.3, 0.4) is 0 Å². The maximum atomic E-state index is 3.36. The second-order valence-electron chi connectivity index (χ2n) is 5.41. The van der Waals surface area contributed by atoms with Crippen molar-refractivity contribution in [1.82, 2.24) is 5.32 Å². The first-order valence-electron chi connectivity index (χ1n) is 6.77. The molecule has 0 fully saturated rings. The molecular formula is C16H27N. The molecule has 0 aromatic heterocycles. The average molecular weight is 233 g/mol. The van der Waals surface area contributed by atoms with Gasteiger partial charge in [0, 0.05) is 6.54 Å². The summed E-state index contributed by atoms with van der Waals surface area (Å²) >= 11 is 0. The van der Waals surface area contributed by atoms with Crippen molar-refractivity contribution < 1.29 is 0 Å². The third-order valence-corrected chi connectivity index (χ3v) is 3.91. The lowest BCUT2D eigenvalue weighted by molar-refractivity contribution is 0.253. The van der Waals surface area contributed by atoms with Gasteiger partial charge in [0.1, 0.15) is 0 Å². The van der Waals surface area contributed by atoms with Crippen LogP contribution in [-0.2, 0) is 6.42 Å². The Morgan fingerprint density at radius 2 is 1.53 bits per heavy atom. The normalized spacial score (nSPS) is 11.8. The predicted octanol–water partition coefficient (Wildman–Crippen LogP) is 3.87. The lowest BCUT2D eigenvalue weighted by Gasteiger charge is -2.32. The first kappa shape index (κ1) is 14.2. The number of hydrogen-bond acceptors (Lipinski definition) is 1. The van der Waals surface area contributed by atoms with Gasteiger partial charge in [0.2, 0.25) is 0 Å². The Hall–Kier alpha value is -0.820. The van der Waals surface area contributed by atoms with Crippen molar-refractivity contribution in [3.05, 3.63) is 34.9 Å². The molecule has 0 heterocycles. The standard InChI is InChI=1S/C16H27N/c1-6-16(7-2,12-17-5)11-15-9-13(3)8-14(4)10-15/h8-10,17H,6-7,11-12H2,1-5H3. The lowest BCUT2D eigenvalue weighted by atomic mass is 9.76. The Morgan fingerprint density at radius 3 is 1.94 bits per heavy atom. The Labute approximate surface area is 107 Å². The van der Waals surface area contributed by atoms with Gasteiger partial charge < -0.3 is 5.32 Å². The molecule has 96 valence electrons. The van der Waals surface area contributed by atoms with Crippen molar-refractivity contribution in [3.8, 4) is 0 Å². The molecule has 1 nitrogen and oxygen atoms in total. The Morgan fingerprint density at radius 1 is 1.00 bits per heavy atom. The zero-order valence-electron chi connectivity index (χ0n) is 12.1. The fourth-order valence-corrected chi connectivity index (χ4v) is 2.79. The molecule has 1 rings (SSSR count). The molecule has 0 bridgehead atoms. The molecule has 17 heavy (non-hydrogen) atoms. The molecule has 1 aromatic carbocycles. The van der Waals surface area contributed by atoms with Crippen molar-refractivity contribution in [2.24, 2.45) is 5.41 Å². The maximum Gasteiger partial charge on any atom is 0.000779 e. The SMILES string of the molecule is CCC(CC)(CNC)Cc1cc(C)cc(C)c1. The van der Waals surface area contributed by atoms with E-state index < -0.39 is 0 Å². The lowest BCUT2D eigenvalue weighted by Crippen LogP contribution is -2.33. The summed E-state index contributed by atoms with van der Waals surface area (Å²) in [5.74, 6) is 0. The highest BCUT2D eigenvalue weighted by molar-refractivity contribution is 5.29. The molecule has 1 N–H and O–H groups in total. The van der Waals surface area contributed by atoms with E-state index in [1.54, 1.807) is 0 Å². The first-order valence-corrected chi connectivity index (χ1v) is 6.77. The minimum atomic E-state index is 0.412. The van der Waals surface area contributed by atoms with Crippen molar-refractivity contribution >= 4 is 0 Å². The van der Waals surface area contributed by atoms with E-state index in [-0.39, 0.29) is 0 Å². The average Bonchev–Trinajstić information content (AvgIpc) is 2.27. The summed E-state index contributed by atoms with van der Waals surface area (Å²) in [5, 5.41) is 3.36. The van der Waals surface area contributed by atoms with Gasteiger partial charge in [-0.2, -0.15) is 0 Å². The molecule has 0 saturated carbocycles. The highest BCUT2D eigenvalue weighted by Crippen LogP contribution is 2.30. The molecule has 1 heteroatoms. The molecule has 1 aromatic rings. The maximum absolute atomic E-state index is 3.36. The molecule has 0 radical (unpaired) electrons. The Bertz CT molecular complexity index is 330. The minimum absolute atomic E-state index is 0.412. The van der Waals surface area contributed by atoms with Crippen LogP contribution in [0.2, 0.25) is 0 Å². The van der Waals surface area contributed by atoms with E-state index in [2.05, 4.69) is 58.3 Å². The quantitative estimate of drug-likeness (QED) is 0.786. The smallest absolute Gasteiger partial charge is 0.000779 e. The monoisotopic (exact) mass is 233 g/mol. The summed E-state index contributed by atoms with van der Waals surface area (Å²) in [7, 11) is 2.06. The van der Waals surface area contributed by atoms with Gasteiger partial charge in [-0.3, -0.25) is 0 Å². The van der Waals surface area contributed by atoms with Crippen LogP contribution < -0.4 is 5.32 Å². The van der Waals surface area contributed by atoms with Crippen LogP contribution >= 0.6 is 0 Å². The molecule has 0 aliphatic rings. The number of benzene rings is 1. The number of aryl methyl sites for hydroxylation is 2. The third-order valence-electron chi connectivity index (χ3n) is 3.91. The zero-order chi connectivity index (χ0) is 12.9. The summed E-state index contributed by atoms with van der Waals surface area (Å²) in [5.41, 5.74) is 4.66. The molecular weight excluding hydrogens is 206 g/mol. The molecule has 0 atom stereocenters. The van der Waals surface area contributed by atoms with Gasteiger partial charge in [-0.1, -0.05) is 43.2 Å². The molecule has 0 unspecified atom stereocenters. The van der Waals surface area contributed by atoms with Crippen LogP contribution in [0.4, 0.5) is 0 Å². The summed E-state index contributed by atoms with van der Waals surface area (Å²) in [4.78, 5) is 0. The van der Waals surface area contributed by atoms with Gasteiger partial charge in [-0.25, -0.2) is 0 Å². The van der Waals surface area contributed by atoms with E-state index >= 15 is 0 Å². The van der Waals surface area contributed by atoms with Crippen molar-refractivity contribution in [2.45, 2.75) is 47.0 Å². The van der Waals surface area contributed by atoms with Crippen LogP contribution in [0, 0.1) is 19.3 Å². The van der Waals surface area contributed by atoms with E-state index in [1.165, 1.54) is 36.0 Å². The summed E-state index contributed by atoms with van der Waals surface area (Å²) in [6.45, 7) is 10.1. The number of rotatable bonds is 6. The van der Waals surface area contributed by atoms with Gasteiger partial charge in [0.05, 0.1) is 0 Å². The number of hydrogen-bond donors (Lipinski definition) is 1. The van der Waals surface area contributed by atoms with E-state index in [0.29, 0.717) is 5.41 Å². The van der Waals surface area contributed by atoms with E-state index in [9.17, 15) is 0 Å². The van der Waals surface area contributed by atoms with Crippen LogP contribution in [-0.4, -0.2) is 13.6 Å². The van der Waals surface area contributed by atoms with Gasteiger partial charge in [-0.05, 0) is 51.1 Å². The molecule has 0 amide bonds. The van der Waals surface area contributed by atoms with Crippen LogP contribution in [0.5, 0.6) is 0 Å². The van der Waals surface area contributed by atoms with Crippen molar-refractivity contribution in [1.29, 1.82) is 0 Å². The molecule has 0 spiro atoms. The van der Waals surface area contributed by atoms with Crippen LogP contribution in [0.25, 0.3) is 0 Å². The van der Waals surface area contributed by atoms with Crippen LogP contribution in [0.15, 0.2) is 18.2 Å². The Balaban J connectivity index is 2.92. The van der Waals surface area contributed by atoms with Gasteiger partial charge in [-0.15, -0.1) is 0 Å². The Kier molecular flexibility index (Phi) is 5.20. The fraction of sp³-hybridized carbons (Fsp3) is 0.625. The van der Waals surface area contributed by atoms with Gasteiger partial charge in [0.25, 0.3) is 0 Å². The topological polar surface area (TPSA) is 12.0 Å². The van der Waals surface area contributed by atoms with E-state index in [4.69, 9.17) is 0 Å². The highest BCUT2D eigenvalue weighted by atomic mass is 14.8. The molecule has 0 saturated heterocycles. The predicted molar refractivity (Wildman–Crippen MR) is 76.6 cm³/mol. The highest BCUT2D eigenvalue weighted by Gasteiger charge is 2.25. The molecule has 0 aliphatic carbocycles. The fourth-order valence-electron chi connectivity index (χ4n) is 2.79. The summed E-state index contributed by atoms with van der Waals surface area (Å²) in [6.07, 6.45) is 3.65. The van der Waals surface area contributed by atoms with E-state index in [1.807, 2.05) is 0 Å². The van der Waals surface area contributed by atoms with E-state index in [0.717, 1.165) is 6.54 Å².